The van der Waals surface area contributed by atoms with Crippen molar-refractivity contribution in [2.24, 2.45) is 0 Å². The standard InChI is InChI=1S/C16H27N3O/c1-12(2)19(7-8-20-4)16-13(3)9-14(11-18-16)10-17-15-5-6-15/h9,11-12,15,17H,5-8,10H2,1-4H3. The Morgan fingerprint density at radius 1 is 1.45 bits per heavy atom. The lowest BCUT2D eigenvalue weighted by Crippen LogP contribution is -2.35. The first kappa shape index (κ1) is 15.3. The Morgan fingerprint density at radius 3 is 2.75 bits per heavy atom. The van der Waals surface area contributed by atoms with E-state index in [2.05, 4.69) is 42.0 Å². The molecule has 1 aromatic rings. The molecule has 0 amide bonds. The molecule has 0 radical (unpaired) electrons. The summed E-state index contributed by atoms with van der Waals surface area (Å²) in [6.45, 7) is 9.06. The van der Waals surface area contributed by atoms with Crippen LogP contribution < -0.4 is 10.2 Å². The largest absolute Gasteiger partial charge is 0.383 e. The van der Waals surface area contributed by atoms with Gasteiger partial charge in [0.15, 0.2) is 0 Å². The molecule has 112 valence electrons. The number of rotatable bonds is 8. The average Bonchev–Trinajstić information content (AvgIpc) is 3.22. The summed E-state index contributed by atoms with van der Waals surface area (Å²) in [5.74, 6) is 1.08. The van der Waals surface area contributed by atoms with Gasteiger partial charge in [0.1, 0.15) is 5.82 Å². The number of hydrogen-bond donors (Lipinski definition) is 1. The Hall–Kier alpha value is -1.13. The summed E-state index contributed by atoms with van der Waals surface area (Å²) in [7, 11) is 1.74. The Bertz CT molecular complexity index is 430. The van der Waals surface area contributed by atoms with Gasteiger partial charge in [-0.15, -0.1) is 0 Å². The van der Waals surface area contributed by atoms with Crippen molar-refractivity contribution in [2.45, 2.75) is 52.2 Å². The van der Waals surface area contributed by atoms with Gasteiger partial charge in [0.2, 0.25) is 0 Å². The number of aryl methyl sites for hydroxylation is 1. The van der Waals surface area contributed by atoms with Crippen molar-refractivity contribution in [3.05, 3.63) is 23.4 Å². The lowest BCUT2D eigenvalue weighted by atomic mass is 10.1. The van der Waals surface area contributed by atoms with E-state index in [0.29, 0.717) is 6.04 Å². The van der Waals surface area contributed by atoms with E-state index in [1.54, 1.807) is 7.11 Å². The van der Waals surface area contributed by atoms with Crippen LogP contribution in [0, 0.1) is 6.92 Å². The molecular weight excluding hydrogens is 250 g/mol. The van der Waals surface area contributed by atoms with Crippen molar-refractivity contribution < 1.29 is 4.74 Å². The molecule has 1 heterocycles. The average molecular weight is 277 g/mol. The highest BCUT2D eigenvalue weighted by Crippen LogP contribution is 2.22. The van der Waals surface area contributed by atoms with E-state index in [1.807, 2.05) is 6.20 Å². The fraction of sp³-hybridized carbons (Fsp3) is 0.688. The Labute approximate surface area is 122 Å². The maximum Gasteiger partial charge on any atom is 0.131 e. The maximum atomic E-state index is 5.20. The minimum absolute atomic E-state index is 0.423. The fourth-order valence-electron chi connectivity index (χ4n) is 2.37. The van der Waals surface area contributed by atoms with Crippen LogP contribution in [-0.4, -0.2) is 37.3 Å². The molecule has 4 heteroatoms. The van der Waals surface area contributed by atoms with Gasteiger partial charge in [0.05, 0.1) is 6.61 Å². The number of aromatic nitrogens is 1. The molecule has 1 saturated carbocycles. The SMILES string of the molecule is COCCN(c1ncc(CNC2CC2)cc1C)C(C)C. The van der Waals surface area contributed by atoms with E-state index < -0.39 is 0 Å². The summed E-state index contributed by atoms with van der Waals surface area (Å²) >= 11 is 0. The highest BCUT2D eigenvalue weighted by molar-refractivity contribution is 5.48. The smallest absolute Gasteiger partial charge is 0.131 e. The van der Waals surface area contributed by atoms with Gasteiger partial charge in [0, 0.05) is 38.5 Å². The van der Waals surface area contributed by atoms with Crippen molar-refractivity contribution in [1.82, 2.24) is 10.3 Å². The van der Waals surface area contributed by atoms with Crippen LogP contribution in [0.1, 0.15) is 37.8 Å². The second-order valence-electron chi connectivity index (χ2n) is 5.92. The Morgan fingerprint density at radius 2 is 2.20 bits per heavy atom. The first-order valence-corrected chi connectivity index (χ1v) is 7.56. The topological polar surface area (TPSA) is 37.4 Å². The minimum Gasteiger partial charge on any atom is -0.383 e. The first-order valence-electron chi connectivity index (χ1n) is 7.56. The molecular formula is C16H27N3O. The van der Waals surface area contributed by atoms with Gasteiger partial charge in [-0.25, -0.2) is 4.98 Å². The third-order valence-electron chi connectivity index (χ3n) is 3.71. The zero-order valence-electron chi connectivity index (χ0n) is 13.1. The normalized spacial score (nSPS) is 14.8. The lowest BCUT2D eigenvalue weighted by molar-refractivity contribution is 0.203. The number of pyridine rings is 1. The maximum absolute atomic E-state index is 5.20. The van der Waals surface area contributed by atoms with Gasteiger partial charge in [-0.1, -0.05) is 0 Å². The van der Waals surface area contributed by atoms with Gasteiger partial charge in [-0.05, 0) is 50.8 Å². The van der Waals surface area contributed by atoms with Gasteiger partial charge < -0.3 is 15.0 Å². The van der Waals surface area contributed by atoms with Crippen LogP contribution in [0.3, 0.4) is 0 Å². The van der Waals surface area contributed by atoms with Gasteiger partial charge in [-0.3, -0.25) is 0 Å². The molecule has 0 unspecified atom stereocenters. The third kappa shape index (κ3) is 4.18. The fourth-order valence-corrected chi connectivity index (χ4v) is 2.37. The van der Waals surface area contributed by atoms with Crippen LogP contribution in [0.5, 0.6) is 0 Å². The second kappa shape index (κ2) is 7.04. The van der Waals surface area contributed by atoms with Crippen LogP contribution >= 0.6 is 0 Å². The summed E-state index contributed by atoms with van der Waals surface area (Å²) < 4.78 is 5.20. The molecule has 0 aromatic carbocycles. The van der Waals surface area contributed by atoms with Crippen LogP contribution in [0.2, 0.25) is 0 Å². The molecule has 1 N–H and O–H groups in total. The van der Waals surface area contributed by atoms with Gasteiger partial charge >= 0.3 is 0 Å². The van der Waals surface area contributed by atoms with Gasteiger partial charge in [0.25, 0.3) is 0 Å². The molecule has 0 atom stereocenters. The lowest BCUT2D eigenvalue weighted by Gasteiger charge is -2.29. The zero-order chi connectivity index (χ0) is 14.5. The van der Waals surface area contributed by atoms with Gasteiger partial charge in [-0.2, -0.15) is 0 Å². The first-order chi connectivity index (χ1) is 9.61. The van der Waals surface area contributed by atoms with E-state index in [9.17, 15) is 0 Å². The van der Waals surface area contributed by atoms with E-state index >= 15 is 0 Å². The van der Waals surface area contributed by atoms with E-state index in [0.717, 1.165) is 31.6 Å². The van der Waals surface area contributed by atoms with Crippen molar-refractivity contribution >= 4 is 5.82 Å². The summed E-state index contributed by atoms with van der Waals surface area (Å²) in [4.78, 5) is 6.98. The van der Waals surface area contributed by atoms with Crippen LogP contribution in [0.4, 0.5) is 5.82 Å². The monoisotopic (exact) mass is 277 g/mol. The summed E-state index contributed by atoms with van der Waals surface area (Å²) in [6, 6.07) is 3.41. The Balaban J connectivity index is 2.04. The Kier molecular flexibility index (Phi) is 5.38. The number of anilines is 1. The molecule has 1 aromatic heterocycles. The van der Waals surface area contributed by atoms with E-state index in [4.69, 9.17) is 4.74 Å². The highest BCUT2D eigenvalue weighted by Gasteiger charge is 2.20. The van der Waals surface area contributed by atoms with Crippen molar-refractivity contribution in [3.63, 3.8) is 0 Å². The zero-order valence-corrected chi connectivity index (χ0v) is 13.1. The van der Waals surface area contributed by atoms with Crippen LogP contribution in [-0.2, 0) is 11.3 Å². The van der Waals surface area contributed by atoms with Crippen LogP contribution in [0.15, 0.2) is 12.3 Å². The predicted molar refractivity (Wildman–Crippen MR) is 83.2 cm³/mol. The molecule has 0 bridgehead atoms. The van der Waals surface area contributed by atoms with Crippen molar-refractivity contribution in [2.75, 3.05) is 25.2 Å². The third-order valence-corrected chi connectivity index (χ3v) is 3.71. The molecule has 0 saturated heterocycles. The van der Waals surface area contributed by atoms with E-state index in [1.165, 1.54) is 24.0 Å². The molecule has 4 nitrogen and oxygen atoms in total. The molecule has 1 aliphatic rings. The molecule has 2 rings (SSSR count). The molecule has 20 heavy (non-hydrogen) atoms. The minimum atomic E-state index is 0.423. The van der Waals surface area contributed by atoms with Crippen molar-refractivity contribution in [3.8, 4) is 0 Å². The molecule has 1 aliphatic carbocycles. The number of methoxy groups -OCH3 is 1. The summed E-state index contributed by atoms with van der Waals surface area (Å²) in [6.07, 6.45) is 4.64. The van der Waals surface area contributed by atoms with Crippen LogP contribution in [0.25, 0.3) is 0 Å². The predicted octanol–water partition coefficient (Wildman–Crippen LogP) is 2.50. The molecule has 1 fully saturated rings. The molecule has 0 spiro atoms. The van der Waals surface area contributed by atoms with Crippen molar-refractivity contribution in [1.29, 1.82) is 0 Å². The highest BCUT2D eigenvalue weighted by atomic mass is 16.5. The van der Waals surface area contributed by atoms with E-state index in [-0.39, 0.29) is 0 Å². The number of hydrogen-bond acceptors (Lipinski definition) is 4. The molecule has 0 aliphatic heterocycles. The second-order valence-corrected chi connectivity index (χ2v) is 5.92. The summed E-state index contributed by atoms with van der Waals surface area (Å²) in [5, 5.41) is 3.53. The number of nitrogens with zero attached hydrogens (tertiary/aromatic N) is 2. The number of ether oxygens (including phenoxy) is 1. The number of nitrogens with one attached hydrogen (secondary N) is 1. The quantitative estimate of drug-likeness (QED) is 0.792. The summed E-state index contributed by atoms with van der Waals surface area (Å²) in [5.41, 5.74) is 2.51.